The smallest absolute Gasteiger partial charge is 0.420 e. The van der Waals surface area contributed by atoms with E-state index in [0.717, 1.165) is 36.4 Å². The van der Waals surface area contributed by atoms with Gasteiger partial charge in [0.2, 0.25) is 5.88 Å². The molecule has 0 bridgehead atoms. The average molecular weight is 312 g/mol. The van der Waals surface area contributed by atoms with Crippen molar-refractivity contribution in [2.24, 2.45) is 0 Å². The van der Waals surface area contributed by atoms with E-state index in [4.69, 9.17) is 4.74 Å². The van der Waals surface area contributed by atoms with Crippen molar-refractivity contribution in [2.75, 3.05) is 6.54 Å². The number of pyridine rings is 1. The van der Waals surface area contributed by atoms with Gasteiger partial charge < -0.3 is 10.1 Å². The first kappa shape index (κ1) is 14.8. The first-order valence-corrected chi connectivity index (χ1v) is 6.67. The molecule has 1 aromatic heterocycles. The van der Waals surface area contributed by atoms with E-state index in [2.05, 4.69) is 10.3 Å². The maximum Gasteiger partial charge on any atom is 0.420 e. The second-order valence-electron chi connectivity index (χ2n) is 4.92. The van der Waals surface area contributed by atoms with Crippen molar-refractivity contribution in [3.63, 3.8) is 0 Å². The van der Waals surface area contributed by atoms with E-state index in [1.807, 2.05) is 0 Å². The number of halogens is 4. The molecule has 0 unspecified atom stereocenters. The Kier molecular flexibility index (Phi) is 3.74. The molecule has 1 aliphatic rings. The van der Waals surface area contributed by atoms with Gasteiger partial charge in [-0.1, -0.05) is 6.07 Å². The number of rotatable bonds is 2. The van der Waals surface area contributed by atoms with Gasteiger partial charge in [-0.15, -0.1) is 0 Å². The van der Waals surface area contributed by atoms with Crippen LogP contribution in [0.25, 0.3) is 0 Å². The molecule has 0 saturated heterocycles. The van der Waals surface area contributed by atoms with E-state index in [9.17, 15) is 17.6 Å². The molecule has 0 saturated carbocycles. The second-order valence-corrected chi connectivity index (χ2v) is 4.92. The summed E-state index contributed by atoms with van der Waals surface area (Å²) in [6, 6.07) is 5.60. The number of fused-ring (bicyclic) bond motifs is 1. The van der Waals surface area contributed by atoms with Gasteiger partial charge in [0.15, 0.2) is 0 Å². The van der Waals surface area contributed by atoms with Crippen LogP contribution in [0, 0.1) is 5.82 Å². The van der Waals surface area contributed by atoms with Crippen molar-refractivity contribution in [3.8, 4) is 11.6 Å². The van der Waals surface area contributed by atoms with Crippen LogP contribution in [0.1, 0.15) is 16.8 Å². The van der Waals surface area contributed by atoms with Crippen molar-refractivity contribution in [3.05, 3.63) is 53.0 Å². The molecule has 3 nitrogen and oxygen atoms in total. The molecule has 0 spiro atoms. The summed E-state index contributed by atoms with van der Waals surface area (Å²) < 4.78 is 57.1. The predicted octanol–water partition coefficient (Wildman–Crippen LogP) is 3.68. The highest BCUT2D eigenvalue weighted by molar-refractivity contribution is 5.39. The topological polar surface area (TPSA) is 34.1 Å². The lowest BCUT2D eigenvalue weighted by Gasteiger charge is -2.18. The summed E-state index contributed by atoms with van der Waals surface area (Å²) in [5.41, 5.74) is 0.630. The predicted molar refractivity (Wildman–Crippen MR) is 71.1 cm³/mol. The molecule has 2 heterocycles. The van der Waals surface area contributed by atoms with Crippen LogP contribution in [0.3, 0.4) is 0 Å². The number of hydrogen-bond donors (Lipinski definition) is 1. The number of nitrogens with zero attached hydrogens (tertiary/aromatic N) is 1. The number of hydrogen-bond acceptors (Lipinski definition) is 3. The molecule has 0 radical (unpaired) electrons. The molecule has 0 aliphatic carbocycles. The highest BCUT2D eigenvalue weighted by Crippen LogP contribution is 2.38. The van der Waals surface area contributed by atoms with Crippen molar-refractivity contribution in [1.82, 2.24) is 10.3 Å². The fraction of sp³-hybridized carbons (Fsp3) is 0.267. The van der Waals surface area contributed by atoms with Gasteiger partial charge in [-0.25, -0.2) is 9.37 Å². The van der Waals surface area contributed by atoms with Crippen LogP contribution in [0.15, 0.2) is 30.3 Å². The van der Waals surface area contributed by atoms with E-state index < -0.39 is 23.3 Å². The first-order chi connectivity index (χ1) is 10.4. The highest BCUT2D eigenvalue weighted by atomic mass is 19.4. The summed E-state index contributed by atoms with van der Waals surface area (Å²) >= 11 is 0. The first-order valence-electron chi connectivity index (χ1n) is 6.67. The number of ether oxygens (including phenoxy) is 1. The average Bonchev–Trinajstić information content (AvgIpc) is 2.48. The van der Waals surface area contributed by atoms with Crippen LogP contribution in [0.2, 0.25) is 0 Å². The molecule has 2 aromatic rings. The third-order valence-electron chi connectivity index (χ3n) is 3.37. The van der Waals surface area contributed by atoms with E-state index in [1.54, 1.807) is 6.07 Å². The fourth-order valence-corrected chi connectivity index (χ4v) is 2.30. The molecule has 0 fully saturated rings. The number of alkyl halides is 3. The Balaban J connectivity index is 1.93. The molecule has 1 aromatic carbocycles. The number of aromatic nitrogens is 1. The Morgan fingerprint density at radius 2 is 1.95 bits per heavy atom. The van der Waals surface area contributed by atoms with Gasteiger partial charge in [-0.05, 0) is 36.7 Å². The summed E-state index contributed by atoms with van der Waals surface area (Å²) in [6.45, 7) is 1.38. The van der Waals surface area contributed by atoms with Crippen LogP contribution in [0.4, 0.5) is 17.6 Å². The van der Waals surface area contributed by atoms with Gasteiger partial charge in [0, 0.05) is 12.6 Å². The van der Waals surface area contributed by atoms with Gasteiger partial charge in [-0.3, -0.25) is 0 Å². The fourth-order valence-electron chi connectivity index (χ4n) is 2.30. The highest BCUT2D eigenvalue weighted by Gasteiger charge is 2.35. The summed E-state index contributed by atoms with van der Waals surface area (Å²) in [7, 11) is 0. The molecule has 7 heteroatoms. The largest absolute Gasteiger partial charge is 0.438 e. The molecular formula is C15H12F4N2O. The lowest BCUT2D eigenvalue weighted by Crippen LogP contribution is -2.24. The van der Waals surface area contributed by atoms with Gasteiger partial charge in [0.25, 0.3) is 0 Å². The van der Waals surface area contributed by atoms with Gasteiger partial charge in [0.1, 0.15) is 17.1 Å². The molecule has 1 N–H and O–H groups in total. The van der Waals surface area contributed by atoms with Crippen LogP contribution in [-0.2, 0) is 19.1 Å². The molecule has 1 aliphatic heterocycles. The Bertz CT molecular complexity index is 700. The third kappa shape index (κ3) is 3.04. The SMILES string of the molecule is Fc1ccc(Oc2ccc3c(n2)CNCC3)c(C(F)(F)F)c1. The van der Waals surface area contributed by atoms with E-state index in [0.29, 0.717) is 12.6 Å². The monoisotopic (exact) mass is 312 g/mol. The Morgan fingerprint density at radius 3 is 2.73 bits per heavy atom. The van der Waals surface area contributed by atoms with Crippen LogP contribution >= 0.6 is 0 Å². The normalized spacial score (nSPS) is 14.5. The molecule has 0 atom stereocenters. The maximum atomic E-state index is 13.1. The standard InChI is InChI=1S/C15H12F4N2O/c16-10-2-3-13(11(7-10)15(17,18)19)22-14-4-1-9-5-6-20-8-12(9)21-14/h1-4,7,20H,5-6,8H2. The maximum absolute atomic E-state index is 13.1. The number of nitrogens with one attached hydrogen (secondary N) is 1. The Labute approximate surface area is 123 Å². The van der Waals surface area contributed by atoms with Crippen molar-refractivity contribution >= 4 is 0 Å². The Hall–Kier alpha value is -2.15. The second kappa shape index (κ2) is 5.57. The minimum atomic E-state index is -4.70. The van der Waals surface area contributed by atoms with Crippen LogP contribution in [0.5, 0.6) is 11.6 Å². The van der Waals surface area contributed by atoms with Crippen LogP contribution in [-0.4, -0.2) is 11.5 Å². The molecular weight excluding hydrogens is 300 g/mol. The molecule has 116 valence electrons. The lowest BCUT2D eigenvalue weighted by molar-refractivity contribution is -0.138. The van der Waals surface area contributed by atoms with Crippen molar-refractivity contribution < 1.29 is 22.3 Å². The van der Waals surface area contributed by atoms with Gasteiger partial charge in [-0.2, -0.15) is 13.2 Å². The van der Waals surface area contributed by atoms with E-state index >= 15 is 0 Å². The lowest BCUT2D eigenvalue weighted by atomic mass is 10.1. The summed E-state index contributed by atoms with van der Waals surface area (Å²) in [5, 5.41) is 3.13. The summed E-state index contributed by atoms with van der Waals surface area (Å²) in [5.74, 6) is -1.38. The van der Waals surface area contributed by atoms with E-state index in [1.165, 1.54) is 6.07 Å². The quantitative estimate of drug-likeness (QED) is 0.859. The molecule has 0 amide bonds. The van der Waals surface area contributed by atoms with Crippen molar-refractivity contribution in [2.45, 2.75) is 19.1 Å². The van der Waals surface area contributed by atoms with E-state index in [-0.39, 0.29) is 5.88 Å². The molecule has 3 rings (SSSR count). The van der Waals surface area contributed by atoms with Crippen LogP contribution < -0.4 is 10.1 Å². The Morgan fingerprint density at radius 1 is 1.14 bits per heavy atom. The van der Waals surface area contributed by atoms with Crippen molar-refractivity contribution in [1.29, 1.82) is 0 Å². The summed E-state index contributed by atoms with van der Waals surface area (Å²) in [4.78, 5) is 4.21. The third-order valence-corrected chi connectivity index (χ3v) is 3.37. The van der Waals surface area contributed by atoms with Gasteiger partial charge in [0.05, 0.1) is 5.69 Å². The zero-order chi connectivity index (χ0) is 15.7. The minimum absolute atomic E-state index is 0.0551. The summed E-state index contributed by atoms with van der Waals surface area (Å²) in [6.07, 6.45) is -3.89. The molecule has 22 heavy (non-hydrogen) atoms. The zero-order valence-corrected chi connectivity index (χ0v) is 11.4. The van der Waals surface area contributed by atoms with Gasteiger partial charge >= 0.3 is 6.18 Å². The minimum Gasteiger partial charge on any atom is -0.438 e. The zero-order valence-electron chi connectivity index (χ0n) is 11.4. The number of benzene rings is 1.